The van der Waals surface area contributed by atoms with Crippen LogP contribution in [0.25, 0.3) is 21.9 Å². The Balaban J connectivity index is 2.56. The molecule has 0 aliphatic rings. The molecule has 6 heteroatoms. The molecule has 2 heterocycles. The zero-order valence-corrected chi connectivity index (χ0v) is 9.78. The fourth-order valence-electron chi connectivity index (χ4n) is 1.69. The molecule has 84 valence electrons. The zero-order valence-electron chi connectivity index (χ0n) is 8.97. The summed E-state index contributed by atoms with van der Waals surface area (Å²) in [5.74, 6) is 0. The molecular weight excluding hydrogens is 236 g/mol. The number of hydrogen-bond donors (Lipinski definition) is 1. The summed E-state index contributed by atoms with van der Waals surface area (Å²) in [6, 6.07) is 7.52. The van der Waals surface area contributed by atoms with E-state index in [1.807, 2.05) is 30.5 Å². The smallest absolute Gasteiger partial charge is 0.280 e. The van der Waals surface area contributed by atoms with Crippen molar-refractivity contribution < 1.29 is 0 Å². The van der Waals surface area contributed by atoms with Gasteiger partial charge in [-0.25, -0.2) is 4.98 Å². The summed E-state index contributed by atoms with van der Waals surface area (Å²) in [5, 5.41) is 9.36. The lowest BCUT2D eigenvalue weighted by molar-refractivity contribution is 0.959. The summed E-state index contributed by atoms with van der Waals surface area (Å²) in [7, 11) is 0. The second kappa shape index (κ2) is 3.81. The molecule has 0 bridgehead atoms. The lowest BCUT2D eigenvalue weighted by Gasteiger charge is -2.02. The lowest BCUT2D eigenvalue weighted by Crippen LogP contribution is -2.11. The number of nitrogens with one attached hydrogen (secondary N) is 1. The highest BCUT2D eigenvalue weighted by Crippen LogP contribution is 2.19. The molecule has 2 aromatic heterocycles. The Morgan fingerprint density at radius 3 is 2.82 bits per heavy atom. The van der Waals surface area contributed by atoms with Gasteiger partial charge in [-0.2, -0.15) is 0 Å². The van der Waals surface area contributed by atoms with E-state index in [0.29, 0.717) is 10.7 Å². The van der Waals surface area contributed by atoms with Gasteiger partial charge >= 0.3 is 0 Å². The molecule has 0 amide bonds. The van der Waals surface area contributed by atoms with Gasteiger partial charge in [-0.05, 0) is 12.3 Å². The van der Waals surface area contributed by atoms with Crippen LogP contribution in [0.1, 0.15) is 0 Å². The number of aromatic nitrogens is 4. The van der Waals surface area contributed by atoms with Gasteiger partial charge in [0.1, 0.15) is 5.52 Å². The van der Waals surface area contributed by atoms with Gasteiger partial charge in [0.15, 0.2) is 10.7 Å². The van der Waals surface area contributed by atoms with Crippen LogP contribution in [0.3, 0.4) is 0 Å². The first-order valence-electron chi connectivity index (χ1n) is 4.99. The first-order chi connectivity index (χ1) is 8.29. The predicted octanol–water partition coefficient (Wildman–Crippen LogP) is 1.59. The van der Waals surface area contributed by atoms with Crippen LogP contribution in [0.2, 0.25) is 0 Å². The van der Waals surface area contributed by atoms with Crippen molar-refractivity contribution in [1.29, 1.82) is 0 Å². The number of H-pyrrole nitrogens is 1. The van der Waals surface area contributed by atoms with Crippen molar-refractivity contribution in [3.05, 3.63) is 34.6 Å². The van der Waals surface area contributed by atoms with Crippen LogP contribution in [-0.4, -0.2) is 26.4 Å². The standard InChI is InChI=1S/C11H8N4OS/c1-17-11-12-8-6-4-2-3-5-7(6)14-15-9(8)10(16)13-11/h2-5H,1H3,(H,12,13,16). The van der Waals surface area contributed by atoms with Crippen molar-refractivity contribution in [3.63, 3.8) is 0 Å². The van der Waals surface area contributed by atoms with Gasteiger partial charge < -0.3 is 0 Å². The fourth-order valence-corrected chi connectivity index (χ4v) is 2.07. The van der Waals surface area contributed by atoms with Gasteiger partial charge in [0.05, 0.1) is 5.52 Å². The predicted molar refractivity (Wildman–Crippen MR) is 67.2 cm³/mol. The van der Waals surface area contributed by atoms with E-state index in [1.165, 1.54) is 11.8 Å². The van der Waals surface area contributed by atoms with Gasteiger partial charge in [0.25, 0.3) is 5.56 Å². The minimum atomic E-state index is -0.252. The molecule has 0 unspecified atom stereocenters. The second-order valence-electron chi connectivity index (χ2n) is 3.49. The maximum absolute atomic E-state index is 11.8. The van der Waals surface area contributed by atoms with E-state index < -0.39 is 0 Å². The summed E-state index contributed by atoms with van der Waals surface area (Å²) in [6.45, 7) is 0. The first-order valence-corrected chi connectivity index (χ1v) is 6.21. The minimum absolute atomic E-state index is 0.252. The van der Waals surface area contributed by atoms with E-state index in [9.17, 15) is 4.79 Å². The van der Waals surface area contributed by atoms with Crippen LogP contribution >= 0.6 is 11.8 Å². The van der Waals surface area contributed by atoms with Gasteiger partial charge in [-0.15, -0.1) is 10.2 Å². The number of hydrogen-bond acceptors (Lipinski definition) is 5. The number of rotatable bonds is 1. The Labute approximate surface area is 100 Å². The maximum Gasteiger partial charge on any atom is 0.280 e. The van der Waals surface area contributed by atoms with Crippen LogP contribution in [0.15, 0.2) is 34.2 Å². The Morgan fingerprint density at radius 2 is 2.00 bits per heavy atom. The van der Waals surface area contributed by atoms with Crippen LogP contribution in [0, 0.1) is 0 Å². The Morgan fingerprint density at radius 1 is 1.18 bits per heavy atom. The summed E-state index contributed by atoms with van der Waals surface area (Å²) in [5.41, 5.74) is 1.37. The number of thioether (sulfide) groups is 1. The maximum atomic E-state index is 11.8. The van der Waals surface area contributed by atoms with E-state index in [-0.39, 0.29) is 11.1 Å². The van der Waals surface area contributed by atoms with Crippen molar-refractivity contribution in [3.8, 4) is 0 Å². The monoisotopic (exact) mass is 244 g/mol. The highest BCUT2D eigenvalue weighted by atomic mass is 32.2. The molecule has 17 heavy (non-hydrogen) atoms. The molecule has 0 aliphatic carbocycles. The molecule has 1 aromatic carbocycles. The normalized spacial score (nSPS) is 11.1. The number of aromatic amines is 1. The van der Waals surface area contributed by atoms with Crippen molar-refractivity contribution in [2.75, 3.05) is 6.26 Å². The van der Waals surface area contributed by atoms with Crippen LogP contribution < -0.4 is 5.56 Å². The third-order valence-corrected chi connectivity index (χ3v) is 3.06. The van der Waals surface area contributed by atoms with Crippen LogP contribution in [0.4, 0.5) is 0 Å². The topological polar surface area (TPSA) is 71.5 Å². The van der Waals surface area contributed by atoms with Crippen LogP contribution in [-0.2, 0) is 0 Å². The molecule has 0 saturated heterocycles. The van der Waals surface area contributed by atoms with E-state index in [0.717, 1.165) is 10.9 Å². The molecule has 3 rings (SSSR count). The molecule has 3 aromatic rings. The third-order valence-electron chi connectivity index (χ3n) is 2.48. The average Bonchev–Trinajstić information content (AvgIpc) is 2.38. The van der Waals surface area contributed by atoms with Crippen molar-refractivity contribution in [2.45, 2.75) is 5.16 Å². The zero-order chi connectivity index (χ0) is 11.8. The van der Waals surface area contributed by atoms with E-state index in [4.69, 9.17) is 0 Å². The molecule has 0 atom stereocenters. The van der Waals surface area contributed by atoms with E-state index in [2.05, 4.69) is 20.2 Å². The number of benzene rings is 1. The summed E-state index contributed by atoms with van der Waals surface area (Å²) < 4.78 is 0. The largest absolute Gasteiger partial charge is 0.300 e. The number of nitrogens with zero attached hydrogens (tertiary/aromatic N) is 3. The van der Waals surface area contributed by atoms with Crippen molar-refractivity contribution in [2.24, 2.45) is 0 Å². The van der Waals surface area contributed by atoms with Gasteiger partial charge in [0, 0.05) is 5.39 Å². The molecule has 0 radical (unpaired) electrons. The van der Waals surface area contributed by atoms with Gasteiger partial charge in [-0.1, -0.05) is 30.0 Å². The molecule has 0 fully saturated rings. The van der Waals surface area contributed by atoms with Gasteiger partial charge in [0.2, 0.25) is 0 Å². The highest BCUT2D eigenvalue weighted by Gasteiger charge is 2.09. The fraction of sp³-hybridized carbons (Fsp3) is 0.0909. The molecule has 1 N–H and O–H groups in total. The Bertz CT molecular complexity index is 768. The molecule has 5 nitrogen and oxygen atoms in total. The Kier molecular flexibility index (Phi) is 2.29. The van der Waals surface area contributed by atoms with Crippen molar-refractivity contribution >= 4 is 33.7 Å². The lowest BCUT2D eigenvalue weighted by atomic mass is 10.2. The van der Waals surface area contributed by atoms with Crippen LogP contribution in [0.5, 0.6) is 0 Å². The third kappa shape index (κ3) is 1.57. The molecule has 0 spiro atoms. The summed E-state index contributed by atoms with van der Waals surface area (Å²) in [6.07, 6.45) is 1.86. The molecule has 0 saturated carbocycles. The minimum Gasteiger partial charge on any atom is -0.300 e. The summed E-state index contributed by atoms with van der Waals surface area (Å²) >= 11 is 1.39. The van der Waals surface area contributed by atoms with E-state index >= 15 is 0 Å². The Hall–Kier alpha value is -1.95. The quantitative estimate of drug-likeness (QED) is 0.400. The summed E-state index contributed by atoms with van der Waals surface area (Å²) in [4.78, 5) is 18.8. The average molecular weight is 244 g/mol. The second-order valence-corrected chi connectivity index (χ2v) is 4.28. The number of fused-ring (bicyclic) bond motifs is 3. The van der Waals surface area contributed by atoms with Gasteiger partial charge in [-0.3, -0.25) is 9.78 Å². The SMILES string of the molecule is CSc1nc2c(nnc3ccccc32)c(=O)[nH]1. The van der Waals surface area contributed by atoms with E-state index in [1.54, 1.807) is 0 Å². The highest BCUT2D eigenvalue weighted by molar-refractivity contribution is 7.98. The molecular formula is C11H8N4OS. The molecule has 0 aliphatic heterocycles. The van der Waals surface area contributed by atoms with Crippen molar-refractivity contribution in [1.82, 2.24) is 20.2 Å². The first kappa shape index (κ1) is 10.2.